The van der Waals surface area contributed by atoms with Gasteiger partial charge in [-0.25, -0.2) is 4.39 Å². The fraction of sp³-hybridized carbons (Fsp3) is 0.571. The second-order valence-corrected chi connectivity index (χ2v) is 5.45. The largest absolute Gasteiger partial charge is 0.393 e. The summed E-state index contributed by atoms with van der Waals surface area (Å²) in [7, 11) is 0. The lowest BCUT2D eigenvalue weighted by Crippen LogP contribution is -2.36. The molecule has 4 heteroatoms. The van der Waals surface area contributed by atoms with E-state index >= 15 is 0 Å². The van der Waals surface area contributed by atoms with Crippen molar-refractivity contribution in [3.05, 3.63) is 34.6 Å². The van der Waals surface area contributed by atoms with Gasteiger partial charge in [0.15, 0.2) is 0 Å². The predicted molar refractivity (Wildman–Crippen MR) is 71.1 cm³/mol. The van der Waals surface area contributed by atoms with Crippen LogP contribution in [0.3, 0.4) is 0 Å². The zero-order valence-corrected chi connectivity index (χ0v) is 11.3. The number of halogens is 2. The molecule has 1 heterocycles. The van der Waals surface area contributed by atoms with Crippen molar-refractivity contribution in [3.63, 3.8) is 0 Å². The molecule has 1 saturated heterocycles. The molecule has 1 atom stereocenters. The van der Waals surface area contributed by atoms with E-state index < -0.39 is 0 Å². The number of hydrogen-bond donors (Lipinski definition) is 1. The highest BCUT2D eigenvalue weighted by molar-refractivity contribution is 6.31. The smallest absolute Gasteiger partial charge is 0.142 e. The monoisotopic (exact) mass is 271 g/mol. The molecule has 0 spiro atoms. The van der Waals surface area contributed by atoms with Crippen LogP contribution in [0.2, 0.25) is 5.02 Å². The molecule has 0 saturated carbocycles. The van der Waals surface area contributed by atoms with Crippen molar-refractivity contribution in [3.8, 4) is 0 Å². The second kappa shape index (κ2) is 6.00. The van der Waals surface area contributed by atoms with Crippen LogP contribution in [0.25, 0.3) is 0 Å². The summed E-state index contributed by atoms with van der Waals surface area (Å²) in [4.78, 5) is 2.26. The Kier molecular flexibility index (Phi) is 4.60. The molecule has 1 aliphatic rings. The lowest BCUT2D eigenvalue weighted by atomic mass is 9.92. The molecule has 1 aromatic rings. The predicted octanol–water partition coefficient (Wildman–Crippen LogP) is 3.07. The van der Waals surface area contributed by atoms with Gasteiger partial charge in [-0.3, -0.25) is 4.90 Å². The van der Waals surface area contributed by atoms with Crippen LogP contribution in [0.1, 0.15) is 25.3 Å². The Hall–Kier alpha value is -0.640. The first-order valence-corrected chi connectivity index (χ1v) is 6.79. The van der Waals surface area contributed by atoms with Gasteiger partial charge in [0.05, 0.1) is 11.1 Å². The maximum absolute atomic E-state index is 13.3. The van der Waals surface area contributed by atoms with Gasteiger partial charge in [-0.1, -0.05) is 23.7 Å². The lowest BCUT2D eigenvalue weighted by Gasteiger charge is -2.33. The van der Waals surface area contributed by atoms with E-state index in [-0.39, 0.29) is 16.9 Å². The molecule has 0 amide bonds. The Morgan fingerprint density at radius 3 is 2.72 bits per heavy atom. The second-order valence-electron chi connectivity index (χ2n) is 5.07. The summed E-state index contributed by atoms with van der Waals surface area (Å²) in [6, 6.07) is 4.94. The van der Waals surface area contributed by atoms with E-state index in [0.717, 1.165) is 31.5 Å². The minimum Gasteiger partial charge on any atom is -0.393 e. The highest BCUT2D eigenvalue weighted by Gasteiger charge is 2.23. The molecule has 0 aliphatic carbocycles. The number of aliphatic hydroxyl groups excluding tert-OH is 1. The summed E-state index contributed by atoms with van der Waals surface area (Å²) in [6.07, 6.45) is 1.75. The Bertz CT molecular complexity index is 403. The SMILES string of the molecule is CC(O)C1CCN(Cc2cccc(F)c2Cl)CC1. The fourth-order valence-corrected chi connectivity index (χ4v) is 2.69. The average Bonchev–Trinajstić information content (AvgIpc) is 2.36. The van der Waals surface area contributed by atoms with Gasteiger partial charge in [0.1, 0.15) is 5.82 Å². The summed E-state index contributed by atoms with van der Waals surface area (Å²) in [5.41, 5.74) is 0.840. The lowest BCUT2D eigenvalue weighted by molar-refractivity contribution is 0.0695. The van der Waals surface area contributed by atoms with Crippen LogP contribution in [0.15, 0.2) is 18.2 Å². The Labute approximate surface area is 112 Å². The standard InChI is InChI=1S/C14H19ClFNO/c1-10(18)11-5-7-17(8-6-11)9-12-3-2-4-13(16)14(12)15/h2-4,10-11,18H,5-9H2,1H3. The quantitative estimate of drug-likeness (QED) is 0.913. The Morgan fingerprint density at radius 1 is 1.44 bits per heavy atom. The maximum Gasteiger partial charge on any atom is 0.142 e. The van der Waals surface area contributed by atoms with Crippen molar-refractivity contribution in [2.75, 3.05) is 13.1 Å². The minimum atomic E-state index is -0.354. The van der Waals surface area contributed by atoms with Gasteiger partial charge in [-0.05, 0) is 50.4 Å². The van der Waals surface area contributed by atoms with Gasteiger partial charge in [-0.2, -0.15) is 0 Å². The first-order valence-electron chi connectivity index (χ1n) is 6.41. The van der Waals surface area contributed by atoms with Gasteiger partial charge >= 0.3 is 0 Å². The zero-order chi connectivity index (χ0) is 13.1. The molecular weight excluding hydrogens is 253 g/mol. The Morgan fingerprint density at radius 2 is 2.11 bits per heavy atom. The highest BCUT2D eigenvalue weighted by Crippen LogP contribution is 2.25. The molecule has 2 nitrogen and oxygen atoms in total. The van der Waals surface area contributed by atoms with Crippen LogP contribution >= 0.6 is 11.6 Å². The molecule has 0 aromatic heterocycles. The summed E-state index contributed by atoms with van der Waals surface area (Å²) in [6.45, 7) is 4.40. The maximum atomic E-state index is 13.3. The Balaban J connectivity index is 1.94. The summed E-state index contributed by atoms with van der Waals surface area (Å²) >= 11 is 5.95. The van der Waals surface area contributed by atoms with Gasteiger partial charge in [0.25, 0.3) is 0 Å². The van der Waals surface area contributed by atoms with Crippen LogP contribution in [0.4, 0.5) is 4.39 Å². The number of benzene rings is 1. The number of rotatable bonds is 3. The van der Waals surface area contributed by atoms with Crippen LogP contribution in [0.5, 0.6) is 0 Å². The van der Waals surface area contributed by atoms with E-state index in [1.807, 2.05) is 13.0 Å². The van der Waals surface area contributed by atoms with Crippen LogP contribution in [0, 0.1) is 11.7 Å². The van der Waals surface area contributed by atoms with E-state index in [2.05, 4.69) is 4.90 Å². The van der Waals surface area contributed by atoms with Crippen molar-refractivity contribution in [2.24, 2.45) is 5.92 Å². The molecule has 1 unspecified atom stereocenters. The zero-order valence-electron chi connectivity index (χ0n) is 10.6. The topological polar surface area (TPSA) is 23.5 Å². The van der Waals surface area contributed by atoms with Crippen LogP contribution < -0.4 is 0 Å². The highest BCUT2D eigenvalue weighted by atomic mass is 35.5. The van der Waals surface area contributed by atoms with E-state index in [1.165, 1.54) is 6.07 Å². The number of aliphatic hydroxyl groups is 1. The molecule has 1 N–H and O–H groups in total. The molecule has 0 radical (unpaired) electrons. The average molecular weight is 272 g/mol. The van der Waals surface area contributed by atoms with Crippen molar-refractivity contribution < 1.29 is 9.50 Å². The van der Waals surface area contributed by atoms with Crippen molar-refractivity contribution in [1.82, 2.24) is 4.90 Å². The normalized spacial score (nSPS) is 20.0. The van der Waals surface area contributed by atoms with Gasteiger partial charge < -0.3 is 5.11 Å². The minimum absolute atomic E-state index is 0.232. The number of hydrogen-bond acceptors (Lipinski definition) is 2. The third-order valence-electron chi connectivity index (χ3n) is 3.74. The van der Waals surface area contributed by atoms with Crippen LogP contribution in [-0.4, -0.2) is 29.2 Å². The molecule has 1 aliphatic heterocycles. The fourth-order valence-electron chi connectivity index (χ4n) is 2.50. The molecule has 2 rings (SSSR count). The third-order valence-corrected chi connectivity index (χ3v) is 4.16. The van der Waals surface area contributed by atoms with Gasteiger partial charge in [0.2, 0.25) is 0 Å². The van der Waals surface area contributed by atoms with Crippen molar-refractivity contribution >= 4 is 11.6 Å². The van der Waals surface area contributed by atoms with E-state index in [9.17, 15) is 9.50 Å². The molecule has 18 heavy (non-hydrogen) atoms. The summed E-state index contributed by atoms with van der Waals surface area (Å²) in [5.74, 6) is 0.0391. The van der Waals surface area contributed by atoms with Crippen LogP contribution in [-0.2, 0) is 6.54 Å². The van der Waals surface area contributed by atoms with E-state index in [0.29, 0.717) is 12.5 Å². The molecule has 0 bridgehead atoms. The van der Waals surface area contributed by atoms with Gasteiger partial charge in [0, 0.05) is 6.54 Å². The summed E-state index contributed by atoms with van der Waals surface area (Å²) in [5, 5.41) is 9.78. The van der Waals surface area contributed by atoms with E-state index in [4.69, 9.17) is 11.6 Å². The summed E-state index contributed by atoms with van der Waals surface area (Å²) < 4.78 is 13.3. The molecular formula is C14H19ClFNO. The molecule has 100 valence electrons. The third kappa shape index (κ3) is 3.22. The first-order chi connectivity index (χ1) is 8.58. The van der Waals surface area contributed by atoms with Crippen molar-refractivity contribution in [2.45, 2.75) is 32.4 Å². The number of nitrogens with zero attached hydrogens (tertiary/aromatic N) is 1. The van der Waals surface area contributed by atoms with Crippen molar-refractivity contribution in [1.29, 1.82) is 0 Å². The first kappa shape index (κ1) is 13.8. The van der Waals surface area contributed by atoms with Gasteiger partial charge in [-0.15, -0.1) is 0 Å². The van der Waals surface area contributed by atoms with E-state index in [1.54, 1.807) is 6.07 Å². The molecule has 1 fully saturated rings. The molecule has 1 aromatic carbocycles. The number of piperidine rings is 1. The number of likely N-dealkylation sites (tertiary alicyclic amines) is 1.